The normalized spacial score (nSPS) is 27.4. The SMILES string of the molecule is CC1CN(CC(CN)c2ccccc2)CC(C)N1C. The fraction of sp³-hybridized carbons (Fsp3) is 0.625. The van der Waals surface area contributed by atoms with Crippen molar-refractivity contribution < 1.29 is 0 Å². The molecule has 0 amide bonds. The number of likely N-dealkylation sites (N-methyl/N-ethyl adjacent to an activating group) is 1. The van der Waals surface area contributed by atoms with Gasteiger partial charge in [-0.1, -0.05) is 30.3 Å². The number of piperazine rings is 1. The second-order valence-corrected chi connectivity index (χ2v) is 5.93. The summed E-state index contributed by atoms with van der Waals surface area (Å²) in [6, 6.07) is 11.9. The second kappa shape index (κ2) is 6.51. The Balaban J connectivity index is 1.99. The monoisotopic (exact) mass is 261 g/mol. The van der Waals surface area contributed by atoms with Crippen molar-refractivity contribution in [3.8, 4) is 0 Å². The van der Waals surface area contributed by atoms with Crippen molar-refractivity contribution in [1.82, 2.24) is 9.80 Å². The molecule has 1 aliphatic rings. The first kappa shape index (κ1) is 14.5. The van der Waals surface area contributed by atoms with E-state index in [9.17, 15) is 0 Å². The molecule has 1 fully saturated rings. The molecule has 1 heterocycles. The number of hydrogen-bond donors (Lipinski definition) is 1. The van der Waals surface area contributed by atoms with E-state index >= 15 is 0 Å². The summed E-state index contributed by atoms with van der Waals surface area (Å²) < 4.78 is 0. The molecule has 0 aromatic heterocycles. The highest BCUT2D eigenvalue weighted by Crippen LogP contribution is 2.19. The third-order valence-corrected chi connectivity index (χ3v) is 4.47. The van der Waals surface area contributed by atoms with Crippen molar-refractivity contribution in [1.29, 1.82) is 0 Å². The molecule has 1 aliphatic heterocycles. The first-order valence-electron chi connectivity index (χ1n) is 7.31. The van der Waals surface area contributed by atoms with Crippen LogP contribution < -0.4 is 5.73 Å². The van der Waals surface area contributed by atoms with Crippen LogP contribution >= 0.6 is 0 Å². The minimum atomic E-state index is 0.448. The van der Waals surface area contributed by atoms with E-state index in [0.717, 1.165) is 26.2 Å². The van der Waals surface area contributed by atoms with Gasteiger partial charge in [0.2, 0.25) is 0 Å². The Hall–Kier alpha value is -0.900. The maximum absolute atomic E-state index is 5.98. The smallest absolute Gasteiger partial charge is 0.0195 e. The fourth-order valence-electron chi connectivity index (χ4n) is 3.02. The van der Waals surface area contributed by atoms with E-state index in [1.165, 1.54) is 5.56 Å². The lowest BCUT2D eigenvalue weighted by atomic mass is 9.97. The van der Waals surface area contributed by atoms with Crippen molar-refractivity contribution in [2.45, 2.75) is 31.8 Å². The highest BCUT2D eigenvalue weighted by atomic mass is 15.3. The maximum atomic E-state index is 5.98. The lowest BCUT2D eigenvalue weighted by molar-refractivity contribution is 0.0568. The van der Waals surface area contributed by atoms with Crippen LogP contribution in [0.25, 0.3) is 0 Å². The molecule has 0 radical (unpaired) electrons. The van der Waals surface area contributed by atoms with Crippen LogP contribution in [0.3, 0.4) is 0 Å². The molecular weight excluding hydrogens is 234 g/mol. The molecule has 1 aromatic carbocycles. The second-order valence-electron chi connectivity index (χ2n) is 5.93. The zero-order chi connectivity index (χ0) is 13.8. The molecule has 3 atom stereocenters. The van der Waals surface area contributed by atoms with E-state index in [1.807, 2.05) is 0 Å². The van der Waals surface area contributed by atoms with Crippen molar-refractivity contribution in [3.05, 3.63) is 35.9 Å². The predicted molar refractivity (Wildman–Crippen MR) is 81.4 cm³/mol. The predicted octanol–water partition coefficient (Wildman–Crippen LogP) is 1.75. The van der Waals surface area contributed by atoms with E-state index < -0.39 is 0 Å². The van der Waals surface area contributed by atoms with Crippen LogP contribution in [0.5, 0.6) is 0 Å². The summed E-state index contributed by atoms with van der Waals surface area (Å²) >= 11 is 0. The van der Waals surface area contributed by atoms with Crippen LogP contribution in [-0.2, 0) is 0 Å². The third kappa shape index (κ3) is 3.56. The van der Waals surface area contributed by atoms with Gasteiger partial charge in [0.25, 0.3) is 0 Å². The number of rotatable bonds is 4. The summed E-state index contributed by atoms with van der Waals surface area (Å²) in [6.07, 6.45) is 0. The largest absolute Gasteiger partial charge is 0.330 e. The molecule has 1 aromatic rings. The first-order valence-corrected chi connectivity index (χ1v) is 7.31. The molecule has 1 saturated heterocycles. The molecule has 3 unspecified atom stereocenters. The Labute approximate surface area is 117 Å². The Morgan fingerprint density at radius 3 is 2.26 bits per heavy atom. The van der Waals surface area contributed by atoms with Crippen LogP contribution in [-0.4, -0.2) is 55.1 Å². The Morgan fingerprint density at radius 1 is 1.16 bits per heavy atom. The fourth-order valence-corrected chi connectivity index (χ4v) is 3.02. The quantitative estimate of drug-likeness (QED) is 0.896. The average molecular weight is 261 g/mol. The van der Waals surface area contributed by atoms with Gasteiger partial charge in [-0.05, 0) is 26.5 Å². The first-order chi connectivity index (χ1) is 9.11. The van der Waals surface area contributed by atoms with Gasteiger partial charge in [-0.25, -0.2) is 0 Å². The van der Waals surface area contributed by atoms with E-state index in [4.69, 9.17) is 5.73 Å². The maximum Gasteiger partial charge on any atom is 0.0195 e. The van der Waals surface area contributed by atoms with Crippen LogP contribution in [0.15, 0.2) is 30.3 Å². The molecule has 106 valence electrons. The molecular formula is C16H27N3. The van der Waals surface area contributed by atoms with Gasteiger partial charge in [0.05, 0.1) is 0 Å². The van der Waals surface area contributed by atoms with Crippen molar-refractivity contribution >= 4 is 0 Å². The topological polar surface area (TPSA) is 32.5 Å². The molecule has 0 spiro atoms. The van der Waals surface area contributed by atoms with Gasteiger partial charge in [0.1, 0.15) is 0 Å². The standard InChI is InChI=1S/C16H27N3/c1-13-10-19(11-14(2)18(13)3)12-16(9-17)15-7-5-4-6-8-15/h4-8,13-14,16H,9-12,17H2,1-3H3. The molecule has 3 nitrogen and oxygen atoms in total. The molecule has 2 rings (SSSR count). The van der Waals surface area contributed by atoms with E-state index in [2.05, 4.69) is 61.0 Å². The number of nitrogens with zero attached hydrogens (tertiary/aromatic N) is 2. The summed E-state index contributed by atoms with van der Waals surface area (Å²) in [6.45, 7) is 8.70. The molecule has 0 saturated carbocycles. The molecule has 2 N–H and O–H groups in total. The van der Waals surface area contributed by atoms with Crippen LogP contribution in [0.4, 0.5) is 0 Å². The molecule has 0 aliphatic carbocycles. The van der Waals surface area contributed by atoms with Gasteiger partial charge in [0.15, 0.2) is 0 Å². The lowest BCUT2D eigenvalue weighted by Gasteiger charge is -2.43. The number of benzene rings is 1. The summed E-state index contributed by atoms with van der Waals surface area (Å²) in [5.74, 6) is 0.448. The van der Waals surface area contributed by atoms with Crippen LogP contribution in [0.2, 0.25) is 0 Å². The Bertz CT molecular complexity index is 367. The van der Waals surface area contributed by atoms with Crippen molar-refractivity contribution in [2.75, 3.05) is 33.2 Å². The summed E-state index contributed by atoms with van der Waals surface area (Å²) in [5, 5.41) is 0. The van der Waals surface area contributed by atoms with Gasteiger partial charge < -0.3 is 5.73 Å². The lowest BCUT2D eigenvalue weighted by Crippen LogP contribution is -2.55. The van der Waals surface area contributed by atoms with E-state index in [0.29, 0.717) is 18.0 Å². The van der Waals surface area contributed by atoms with Gasteiger partial charge >= 0.3 is 0 Å². The Morgan fingerprint density at radius 2 is 1.74 bits per heavy atom. The zero-order valence-electron chi connectivity index (χ0n) is 12.4. The minimum Gasteiger partial charge on any atom is -0.330 e. The zero-order valence-corrected chi connectivity index (χ0v) is 12.4. The summed E-state index contributed by atoms with van der Waals surface area (Å²) in [7, 11) is 2.23. The van der Waals surface area contributed by atoms with Gasteiger partial charge in [-0.3, -0.25) is 9.80 Å². The van der Waals surface area contributed by atoms with Gasteiger partial charge in [-0.15, -0.1) is 0 Å². The summed E-state index contributed by atoms with van der Waals surface area (Å²) in [4.78, 5) is 5.04. The van der Waals surface area contributed by atoms with Crippen LogP contribution in [0, 0.1) is 0 Å². The van der Waals surface area contributed by atoms with Gasteiger partial charge in [-0.2, -0.15) is 0 Å². The van der Waals surface area contributed by atoms with Crippen molar-refractivity contribution in [2.24, 2.45) is 5.73 Å². The minimum absolute atomic E-state index is 0.448. The van der Waals surface area contributed by atoms with Crippen molar-refractivity contribution in [3.63, 3.8) is 0 Å². The average Bonchev–Trinajstić information content (AvgIpc) is 2.43. The highest BCUT2D eigenvalue weighted by Gasteiger charge is 2.27. The van der Waals surface area contributed by atoms with Crippen LogP contribution in [0.1, 0.15) is 25.3 Å². The number of hydrogen-bond acceptors (Lipinski definition) is 3. The molecule has 19 heavy (non-hydrogen) atoms. The van der Waals surface area contributed by atoms with Gasteiger partial charge in [0, 0.05) is 44.2 Å². The highest BCUT2D eigenvalue weighted by molar-refractivity contribution is 5.20. The molecule has 3 heteroatoms. The number of nitrogens with two attached hydrogens (primary N) is 1. The van der Waals surface area contributed by atoms with E-state index in [-0.39, 0.29) is 0 Å². The van der Waals surface area contributed by atoms with E-state index in [1.54, 1.807) is 0 Å². The molecule has 0 bridgehead atoms. The third-order valence-electron chi connectivity index (χ3n) is 4.47. The summed E-state index contributed by atoms with van der Waals surface area (Å²) in [5.41, 5.74) is 7.35. The Kier molecular flexibility index (Phi) is 4.97.